The highest BCUT2D eigenvalue weighted by Crippen LogP contribution is 2.43. The fourth-order valence-corrected chi connectivity index (χ4v) is 4.78. The standard InChI is InChI=1S/C28H24BrNO6/c1-16-5-4-6-18(13-16)25-24(26(32)19-9-12-22(35-2)21(29)15-19)27(33)28(34)30(25)20-10-7-17(8-11-20)14-23(31)36-3/h4-13,15,25,32H,14H2,1-3H3/b26-24-. The maximum Gasteiger partial charge on any atom is 0.309 e. The van der Waals surface area contributed by atoms with Gasteiger partial charge in [-0.25, -0.2) is 0 Å². The van der Waals surface area contributed by atoms with Gasteiger partial charge in [0.25, 0.3) is 11.7 Å². The van der Waals surface area contributed by atoms with Crippen LogP contribution in [0.3, 0.4) is 0 Å². The number of ketones is 1. The number of hydrogen-bond donors (Lipinski definition) is 1. The molecule has 0 radical (unpaired) electrons. The zero-order valence-corrected chi connectivity index (χ0v) is 21.5. The number of ether oxygens (including phenoxy) is 2. The van der Waals surface area contributed by atoms with E-state index in [9.17, 15) is 19.5 Å². The second-order valence-corrected chi connectivity index (χ2v) is 9.21. The first kappa shape index (κ1) is 25.2. The Bertz CT molecular complexity index is 1380. The van der Waals surface area contributed by atoms with E-state index in [1.54, 1.807) is 42.5 Å². The Hall–Kier alpha value is -3.91. The molecule has 1 atom stereocenters. The molecular weight excluding hydrogens is 526 g/mol. The van der Waals surface area contributed by atoms with E-state index in [1.165, 1.54) is 19.1 Å². The second-order valence-electron chi connectivity index (χ2n) is 8.35. The van der Waals surface area contributed by atoms with E-state index in [0.717, 1.165) is 5.56 Å². The minimum atomic E-state index is -0.850. The maximum atomic E-state index is 13.3. The lowest BCUT2D eigenvalue weighted by Gasteiger charge is -2.26. The Morgan fingerprint density at radius 1 is 1.03 bits per heavy atom. The number of methoxy groups -OCH3 is 2. The highest BCUT2D eigenvalue weighted by molar-refractivity contribution is 9.10. The van der Waals surface area contributed by atoms with Gasteiger partial charge in [-0.05, 0) is 64.3 Å². The van der Waals surface area contributed by atoms with Crippen molar-refractivity contribution >= 4 is 45.0 Å². The first-order chi connectivity index (χ1) is 17.2. The fourth-order valence-electron chi connectivity index (χ4n) is 4.24. The molecule has 1 aliphatic heterocycles. The Morgan fingerprint density at radius 3 is 2.36 bits per heavy atom. The third-order valence-electron chi connectivity index (χ3n) is 6.02. The van der Waals surface area contributed by atoms with E-state index >= 15 is 0 Å². The van der Waals surface area contributed by atoms with Crippen LogP contribution in [0.5, 0.6) is 5.75 Å². The molecule has 1 amide bonds. The number of carbonyl (C=O) groups excluding carboxylic acids is 3. The second kappa shape index (κ2) is 10.4. The predicted octanol–water partition coefficient (Wildman–Crippen LogP) is 5.11. The number of benzene rings is 3. The lowest BCUT2D eigenvalue weighted by atomic mass is 9.94. The number of hydrogen-bond acceptors (Lipinski definition) is 6. The van der Waals surface area contributed by atoms with Gasteiger partial charge in [0.2, 0.25) is 0 Å². The number of anilines is 1. The largest absolute Gasteiger partial charge is 0.507 e. The number of aliphatic hydroxyl groups excluding tert-OH is 1. The molecule has 0 saturated carbocycles. The van der Waals surface area contributed by atoms with Crippen molar-refractivity contribution < 1.29 is 29.0 Å². The zero-order valence-electron chi connectivity index (χ0n) is 19.9. The van der Waals surface area contributed by atoms with Gasteiger partial charge in [-0.3, -0.25) is 19.3 Å². The zero-order chi connectivity index (χ0) is 26.0. The van der Waals surface area contributed by atoms with Crippen LogP contribution in [0.4, 0.5) is 5.69 Å². The molecule has 7 nitrogen and oxygen atoms in total. The molecule has 3 aromatic carbocycles. The molecular formula is C28H24BrNO6. The average molecular weight is 550 g/mol. The number of aryl methyl sites for hydroxylation is 1. The average Bonchev–Trinajstić information content (AvgIpc) is 3.14. The number of esters is 1. The molecule has 0 aliphatic carbocycles. The number of Topliss-reactive ketones (excluding diaryl/α,β-unsaturated/α-hetero) is 1. The minimum absolute atomic E-state index is 0.0127. The van der Waals surface area contributed by atoms with Crippen LogP contribution >= 0.6 is 15.9 Å². The monoisotopic (exact) mass is 549 g/mol. The normalized spacial score (nSPS) is 16.8. The Kier molecular flexibility index (Phi) is 7.26. The Labute approximate surface area is 217 Å². The van der Waals surface area contributed by atoms with Crippen molar-refractivity contribution in [3.05, 3.63) is 99.0 Å². The summed E-state index contributed by atoms with van der Waals surface area (Å²) >= 11 is 3.40. The molecule has 184 valence electrons. The summed E-state index contributed by atoms with van der Waals surface area (Å²) in [6.07, 6.45) is 0.0866. The van der Waals surface area contributed by atoms with Gasteiger partial charge in [0, 0.05) is 11.3 Å². The molecule has 1 heterocycles. The molecule has 0 spiro atoms. The Balaban J connectivity index is 1.86. The van der Waals surface area contributed by atoms with E-state index < -0.39 is 17.7 Å². The lowest BCUT2D eigenvalue weighted by Crippen LogP contribution is -2.29. The lowest BCUT2D eigenvalue weighted by molar-refractivity contribution is -0.139. The molecule has 1 fully saturated rings. The number of nitrogens with zero attached hydrogens (tertiary/aromatic N) is 1. The highest BCUT2D eigenvalue weighted by atomic mass is 79.9. The van der Waals surface area contributed by atoms with Crippen molar-refractivity contribution in [3.63, 3.8) is 0 Å². The predicted molar refractivity (Wildman–Crippen MR) is 139 cm³/mol. The quantitative estimate of drug-likeness (QED) is 0.199. The van der Waals surface area contributed by atoms with Crippen molar-refractivity contribution in [2.24, 2.45) is 0 Å². The van der Waals surface area contributed by atoms with Gasteiger partial charge >= 0.3 is 5.97 Å². The molecule has 1 N–H and O–H groups in total. The first-order valence-corrected chi connectivity index (χ1v) is 11.9. The van der Waals surface area contributed by atoms with Crippen LogP contribution in [0.15, 0.2) is 76.8 Å². The third-order valence-corrected chi connectivity index (χ3v) is 6.64. The summed E-state index contributed by atoms with van der Waals surface area (Å²) in [5.74, 6) is -1.64. The first-order valence-electron chi connectivity index (χ1n) is 11.1. The summed E-state index contributed by atoms with van der Waals surface area (Å²) in [6.45, 7) is 1.91. The van der Waals surface area contributed by atoms with Gasteiger partial charge in [0.15, 0.2) is 0 Å². The number of halogens is 1. The van der Waals surface area contributed by atoms with Crippen molar-refractivity contribution in [1.82, 2.24) is 0 Å². The van der Waals surface area contributed by atoms with Crippen LogP contribution in [0, 0.1) is 6.92 Å². The summed E-state index contributed by atoms with van der Waals surface area (Å²) < 4.78 is 10.6. The molecule has 0 bridgehead atoms. The maximum absolute atomic E-state index is 13.3. The summed E-state index contributed by atoms with van der Waals surface area (Å²) in [7, 11) is 2.85. The number of amides is 1. The van der Waals surface area contributed by atoms with E-state index in [-0.39, 0.29) is 23.7 Å². The van der Waals surface area contributed by atoms with Crippen LogP contribution in [-0.2, 0) is 25.5 Å². The van der Waals surface area contributed by atoms with Crippen LogP contribution in [0.2, 0.25) is 0 Å². The minimum Gasteiger partial charge on any atom is -0.507 e. The van der Waals surface area contributed by atoms with Gasteiger partial charge in [-0.2, -0.15) is 0 Å². The summed E-state index contributed by atoms with van der Waals surface area (Å²) in [4.78, 5) is 39.7. The molecule has 1 aliphatic rings. The SMILES string of the molecule is COC(=O)Cc1ccc(N2C(=O)C(=O)/C(=C(\O)c3ccc(OC)c(Br)c3)C2c2cccc(C)c2)cc1. The molecule has 1 saturated heterocycles. The number of rotatable bonds is 6. The van der Waals surface area contributed by atoms with Gasteiger partial charge in [0.1, 0.15) is 11.5 Å². The van der Waals surface area contributed by atoms with E-state index in [1.807, 2.05) is 31.2 Å². The third kappa shape index (κ3) is 4.77. The fraction of sp³-hybridized carbons (Fsp3) is 0.179. The van der Waals surface area contributed by atoms with Crippen molar-refractivity contribution in [2.75, 3.05) is 19.1 Å². The summed E-state index contributed by atoms with van der Waals surface area (Å²) in [5.41, 5.74) is 3.15. The summed E-state index contributed by atoms with van der Waals surface area (Å²) in [5, 5.41) is 11.3. The smallest absolute Gasteiger partial charge is 0.309 e. The van der Waals surface area contributed by atoms with Crippen LogP contribution in [0.25, 0.3) is 5.76 Å². The van der Waals surface area contributed by atoms with Crippen LogP contribution < -0.4 is 9.64 Å². The van der Waals surface area contributed by atoms with E-state index in [0.29, 0.717) is 32.6 Å². The topological polar surface area (TPSA) is 93.1 Å². The molecule has 4 rings (SSSR count). The van der Waals surface area contributed by atoms with E-state index in [4.69, 9.17) is 9.47 Å². The van der Waals surface area contributed by atoms with Crippen molar-refractivity contribution in [2.45, 2.75) is 19.4 Å². The van der Waals surface area contributed by atoms with Gasteiger partial charge in [-0.1, -0.05) is 42.0 Å². The molecule has 8 heteroatoms. The summed E-state index contributed by atoms with van der Waals surface area (Å²) in [6, 6.07) is 18.3. The number of aliphatic hydroxyl groups is 1. The highest BCUT2D eigenvalue weighted by Gasteiger charge is 2.47. The molecule has 1 unspecified atom stereocenters. The van der Waals surface area contributed by atoms with Crippen LogP contribution in [-0.4, -0.2) is 37.0 Å². The van der Waals surface area contributed by atoms with Gasteiger partial charge in [0.05, 0.1) is 36.7 Å². The van der Waals surface area contributed by atoms with E-state index in [2.05, 4.69) is 15.9 Å². The van der Waals surface area contributed by atoms with Gasteiger partial charge in [-0.15, -0.1) is 0 Å². The molecule has 3 aromatic rings. The van der Waals surface area contributed by atoms with Gasteiger partial charge < -0.3 is 14.6 Å². The van der Waals surface area contributed by atoms with Crippen LogP contribution in [0.1, 0.15) is 28.3 Å². The number of carbonyl (C=O) groups is 3. The van der Waals surface area contributed by atoms with Crippen molar-refractivity contribution in [3.8, 4) is 5.75 Å². The molecule has 0 aromatic heterocycles. The van der Waals surface area contributed by atoms with Crippen molar-refractivity contribution in [1.29, 1.82) is 0 Å². The Morgan fingerprint density at radius 2 is 1.75 bits per heavy atom. The molecule has 36 heavy (non-hydrogen) atoms.